The van der Waals surface area contributed by atoms with Gasteiger partial charge < -0.3 is 20.3 Å². The minimum Gasteiger partial charge on any atom is -0.444 e. The lowest BCUT2D eigenvalue weighted by molar-refractivity contribution is -0.148. The van der Waals surface area contributed by atoms with E-state index in [1.54, 1.807) is 25.7 Å². The molecule has 7 nitrogen and oxygen atoms in total. The summed E-state index contributed by atoms with van der Waals surface area (Å²) in [5, 5.41) is 5.88. The molecule has 7 heteroatoms. The van der Waals surface area contributed by atoms with Gasteiger partial charge in [-0.25, -0.2) is 4.79 Å². The molecule has 35 heavy (non-hydrogen) atoms. The van der Waals surface area contributed by atoms with Crippen LogP contribution in [0.5, 0.6) is 0 Å². The van der Waals surface area contributed by atoms with Crippen LogP contribution in [-0.2, 0) is 14.3 Å². The molecule has 196 valence electrons. The minimum absolute atomic E-state index is 0.0445. The van der Waals surface area contributed by atoms with Crippen LogP contribution in [-0.4, -0.2) is 47.0 Å². The molecule has 1 saturated carbocycles. The summed E-state index contributed by atoms with van der Waals surface area (Å²) in [5.74, 6) is -0.532. The van der Waals surface area contributed by atoms with Crippen LogP contribution in [0.1, 0.15) is 97.2 Å². The van der Waals surface area contributed by atoms with E-state index in [0.29, 0.717) is 13.0 Å². The molecule has 3 atom stereocenters. The lowest BCUT2D eigenvalue weighted by atomic mass is 9.86. The number of hydrogen-bond donors (Lipinski definition) is 2. The number of rotatable bonds is 11. The molecular formula is C28H45N3O4. The van der Waals surface area contributed by atoms with Gasteiger partial charge >= 0.3 is 6.09 Å². The van der Waals surface area contributed by atoms with Crippen molar-refractivity contribution in [1.82, 2.24) is 15.5 Å². The van der Waals surface area contributed by atoms with Crippen LogP contribution in [0.15, 0.2) is 24.3 Å². The molecule has 0 heterocycles. The van der Waals surface area contributed by atoms with Crippen LogP contribution < -0.4 is 10.6 Å². The lowest BCUT2D eigenvalue weighted by Crippen LogP contribution is -2.59. The highest BCUT2D eigenvalue weighted by Crippen LogP contribution is 2.34. The number of benzene rings is 1. The number of ether oxygens (including phenoxy) is 1. The van der Waals surface area contributed by atoms with Crippen molar-refractivity contribution in [2.45, 2.75) is 111 Å². The number of carbonyl (C=O) groups excluding carboxylic acids is 3. The molecule has 1 aliphatic carbocycles. The van der Waals surface area contributed by atoms with Gasteiger partial charge in [-0.15, -0.1) is 0 Å². The molecule has 1 aromatic carbocycles. The van der Waals surface area contributed by atoms with Crippen molar-refractivity contribution in [2.24, 2.45) is 5.92 Å². The molecule has 1 fully saturated rings. The van der Waals surface area contributed by atoms with Gasteiger partial charge in [-0.3, -0.25) is 9.59 Å². The summed E-state index contributed by atoms with van der Waals surface area (Å²) in [7, 11) is 0. The smallest absolute Gasteiger partial charge is 0.408 e. The molecule has 3 amide bonds. The fraction of sp³-hybridized carbons (Fsp3) is 0.679. The summed E-state index contributed by atoms with van der Waals surface area (Å²) in [6.07, 6.45) is 4.62. The maximum Gasteiger partial charge on any atom is 0.408 e. The molecule has 1 aromatic rings. The van der Waals surface area contributed by atoms with Crippen molar-refractivity contribution in [3.05, 3.63) is 35.4 Å². The zero-order chi connectivity index (χ0) is 26.2. The highest BCUT2D eigenvalue weighted by atomic mass is 16.6. The first-order valence-corrected chi connectivity index (χ1v) is 13.1. The third kappa shape index (κ3) is 8.25. The highest BCUT2D eigenvalue weighted by molar-refractivity contribution is 5.92. The number of amides is 3. The number of unbranched alkanes of at least 4 members (excludes halogenated alkanes) is 1. The molecule has 2 rings (SSSR count). The predicted molar refractivity (Wildman–Crippen MR) is 139 cm³/mol. The van der Waals surface area contributed by atoms with Crippen molar-refractivity contribution in [1.29, 1.82) is 0 Å². The Balaban J connectivity index is 2.46. The Morgan fingerprint density at radius 3 is 2.37 bits per heavy atom. The van der Waals surface area contributed by atoms with E-state index in [9.17, 15) is 14.4 Å². The Hall–Kier alpha value is -2.57. The second kappa shape index (κ2) is 12.9. The summed E-state index contributed by atoms with van der Waals surface area (Å²) in [4.78, 5) is 42.2. The summed E-state index contributed by atoms with van der Waals surface area (Å²) in [5.41, 5.74) is 1.14. The Morgan fingerprint density at radius 2 is 1.86 bits per heavy atom. The normalized spacial score (nSPS) is 16.4. The van der Waals surface area contributed by atoms with E-state index in [0.717, 1.165) is 43.2 Å². The third-order valence-electron chi connectivity index (χ3n) is 6.59. The Kier molecular flexibility index (Phi) is 10.6. The third-order valence-corrected chi connectivity index (χ3v) is 6.59. The number of aryl methyl sites for hydroxylation is 1. The van der Waals surface area contributed by atoms with Gasteiger partial charge in [0.2, 0.25) is 11.8 Å². The number of alkyl carbamates (subject to hydrolysis) is 1. The summed E-state index contributed by atoms with van der Waals surface area (Å²) >= 11 is 0. The maximum absolute atomic E-state index is 14.2. The van der Waals surface area contributed by atoms with E-state index in [4.69, 9.17) is 4.74 Å². The van der Waals surface area contributed by atoms with E-state index in [-0.39, 0.29) is 23.8 Å². The number of carbonyl (C=O) groups is 3. The average Bonchev–Trinajstić information content (AvgIpc) is 2.74. The SMILES string of the molecule is CCCCNC(=O)C(c1cccc(C)c1)N(C(=O)C(NC(=O)OC(C)(C)C)C(C)CC)C1CCC1. The molecule has 0 aliphatic heterocycles. The molecule has 3 unspecified atom stereocenters. The van der Waals surface area contributed by atoms with E-state index in [1.165, 1.54) is 0 Å². The van der Waals surface area contributed by atoms with Crippen LogP contribution in [0.25, 0.3) is 0 Å². The molecule has 2 N–H and O–H groups in total. The van der Waals surface area contributed by atoms with E-state index in [2.05, 4.69) is 17.6 Å². The number of nitrogens with zero attached hydrogens (tertiary/aromatic N) is 1. The largest absolute Gasteiger partial charge is 0.444 e. The van der Waals surface area contributed by atoms with Crippen molar-refractivity contribution < 1.29 is 19.1 Å². The molecule has 0 saturated heterocycles. The van der Waals surface area contributed by atoms with Gasteiger partial charge in [-0.2, -0.15) is 0 Å². The Morgan fingerprint density at radius 1 is 1.17 bits per heavy atom. The van der Waals surface area contributed by atoms with Gasteiger partial charge in [0, 0.05) is 12.6 Å². The summed E-state index contributed by atoms with van der Waals surface area (Å²) < 4.78 is 5.47. The summed E-state index contributed by atoms with van der Waals surface area (Å²) in [6, 6.07) is 6.21. The first-order chi connectivity index (χ1) is 16.5. The van der Waals surface area contributed by atoms with Crippen LogP contribution in [0, 0.1) is 12.8 Å². The van der Waals surface area contributed by atoms with Gasteiger partial charge in [0.05, 0.1) is 0 Å². The van der Waals surface area contributed by atoms with E-state index in [1.807, 2.05) is 45.0 Å². The average molecular weight is 488 g/mol. The zero-order valence-corrected chi connectivity index (χ0v) is 22.6. The van der Waals surface area contributed by atoms with Crippen molar-refractivity contribution in [3.63, 3.8) is 0 Å². The van der Waals surface area contributed by atoms with Crippen molar-refractivity contribution in [3.8, 4) is 0 Å². The van der Waals surface area contributed by atoms with Gasteiger partial charge in [0.25, 0.3) is 0 Å². The van der Waals surface area contributed by atoms with E-state index >= 15 is 0 Å². The van der Waals surface area contributed by atoms with Gasteiger partial charge in [-0.05, 0) is 64.9 Å². The second-order valence-electron chi connectivity index (χ2n) is 10.8. The summed E-state index contributed by atoms with van der Waals surface area (Å²) in [6.45, 7) is 13.9. The highest BCUT2D eigenvalue weighted by Gasteiger charge is 2.43. The Labute approximate surface area is 211 Å². The fourth-order valence-electron chi connectivity index (χ4n) is 4.22. The van der Waals surface area contributed by atoms with Gasteiger partial charge in [-0.1, -0.05) is 63.4 Å². The topological polar surface area (TPSA) is 87.7 Å². The first kappa shape index (κ1) is 28.7. The van der Waals surface area contributed by atoms with Crippen molar-refractivity contribution >= 4 is 17.9 Å². The Bertz CT molecular complexity index is 860. The van der Waals surface area contributed by atoms with Crippen LogP contribution in [0.3, 0.4) is 0 Å². The van der Waals surface area contributed by atoms with E-state index < -0.39 is 23.8 Å². The van der Waals surface area contributed by atoms with Crippen LogP contribution >= 0.6 is 0 Å². The monoisotopic (exact) mass is 487 g/mol. The molecular weight excluding hydrogens is 442 g/mol. The predicted octanol–water partition coefficient (Wildman–Crippen LogP) is 5.27. The molecule has 0 radical (unpaired) electrons. The fourth-order valence-corrected chi connectivity index (χ4v) is 4.22. The van der Waals surface area contributed by atoms with Crippen molar-refractivity contribution in [2.75, 3.05) is 6.54 Å². The first-order valence-electron chi connectivity index (χ1n) is 13.1. The number of hydrogen-bond acceptors (Lipinski definition) is 4. The van der Waals surface area contributed by atoms with Gasteiger partial charge in [0.1, 0.15) is 17.7 Å². The standard InChI is InChI=1S/C28H45N3O4/c1-8-10-17-29-25(32)24(21-14-11-13-19(3)18-21)31(22-15-12-16-22)26(33)23(20(4)9-2)30-27(34)35-28(5,6)7/h11,13-14,18,20,22-24H,8-10,12,15-17H2,1-7H3,(H,29,32)(H,30,34). The lowest BCUT2D eigenvalue weighted by Gasteiger charge is -2.44. The number of nitrogens with one attached hydrogen (secondary N) is 2. The molecule has 1 aliphatic rings. The molecule has 0 spiro atoms. The van der Waals surface area contributed by atoms with Crippen LogP contribution in [0.2, 0.25) is 0 Å². The van der Waals surface area contributed by atoms with Crippen LogP contribution in [0.4, 0.5) is 4.79 Å². The maximum atomic E-state index is 14.2. The molecule has 0 bridgehead atoms. The minimum atomic E-state index is -0.786. The second-order valence-corrected chi connectivity index (χ2v) is 10.8. The quantitative estimate of drug-likeness (QED) is 0.416. The van der Waals surface area contributed by atoms with Gasteiger partial charge in [0.15, 0.2) is 0 Å². The zero-order valence-electron chi connectivity index (χ0n) is 22.6. The molecule has 0 aromatic heterocycles.